The summed E-state index contributed by atoms with van der Waals surface area (Å²) in [5, 5.41) is 2.71. The molecule has 4 aromatic carbocycles. The van der Waals surface area contributed by atoms with Crippen molar-refractivity contribution in [3.63, 3.8) is 0 Å². The summed E-state index contributed by atoms with van der Waals surface area (Å²) in [6.45, 7) is 7.27. The molecule has 0 saturated carbocycles. The van der Waals surface area contributed by atoms with E-state index >= 15 is 0 Å². The number of benzene rings is 4. The lowest BCUT2D eigenvalue weighted by Gasteiger charge is -2.34. The Bertz CT molecular complexity index is 1670. The molecule has 0 unspecified atom stereocenters. The molecule has 1 atom stereocenters. The van der Waals surface area contributed by atoms with Crippen LogP contribution >= 0.6 is 0 Å². The first-order valence-corrected chi connectivity index (χ1v) is 15.7. The van der Waals surface area contributed by atoms with Crippen molar-refractivity contribution in [2.75, 3.05) is 17.9 Å². The lowest BCUT2D eigenvalue weighted by atomic mass is 10.0. The summed E-state index contributed by atoms with van der Waals surface area (Å²) in [6, 6.07) is 28.4. The topological polar surface area (TPSA) is 86.8 Å². The Morgan fingerprint density at radius 3 is 1.95 bits per heavy atom. The van der Waals surface area contributed by atoms with Gasteiger partial charge in [-0.3, -0.25) is 13.9 Å². The van der Waals surface area contributed by atoms with Crippen LogP contribution < -0.4 is 9.62 Å². The van der Waals surface area contributed by atoms with Crippen LogP contribution in [-0.4, -0.2) is 44.8 Å². The molecule has 0 bridgehead atoms. The number of rotatable bonds is 11. The van der Waals surface area contributed by atoms with Crippen molar-refractivity contribution in [2.24, 2.45) is 0 Å². The van der Waals surface area contributed by atoms with Crippen molar-refractivity contribution in [1.29, 1.82) is 0 Å². The Balaban J connectivity index is 1.81. The molecule has 2 amide bonds. The predicted molar refractivity (Wildman–Crippen MR) is 171 cm³/mol. The first-order chi connectivity index (χ1) is 20.5. The average molecular weight is 598 g/mol. The monoisotopic (exact) mass is 597 g/mol. The molecule has 0 heterocycles. The second kappa shape index (κ2) is 13.7. The predicted octanol–water partition coefficient (Wildman–Crippen LogP) is 5.50. The fraction of sp³-hybridized carbons (Fsp3) is 0.257. The third-order valence-electron chi connectivity index (χ3n) is 7.72. The molecule has 8 heteroatoms. The molecule has 224 valence electrons. The van der Waals surface area contributed by atoms with Gasteiger partial charge in [-0.25, -0.2) is 8.42 Å². The zero-order chi connectivity index (χ0) is 31.1. The van der Waals surface area contributed by atoms with E-state index < -0.39 is 28.5 Å². The van der Waals surface area contributed by atoms with E-state index in [0.717, 1.165) is 33.4 Å². The van der Waals surface area contributed by atoms with Crippen LogP contribution in [0, 0.1) is 27.7 Å². The van der Waals surface area contributed by atoms with Gasteiger partial charge in [0, 0.05) is 20.0 Å². The molecule has 43 heavy (non-hydrogen) atoms. The van der Waals surface area contributed by atoms with Gasteiger partial charge in [0.05, 0.1) is 10.6 Å². The Labute approximate surface area is 255 Å². The van der Waals surface area contributed by atoms with E-state index in [9.17, 15) is 18.0 Å². The van der Waals surface area contributed by atoms with Gasteiger partial charge in [0.25, 0.3) is 10.0 Å². The molecule has 0 radical (unpaired) electrons. The quantitative estimate of drug-likeness (QED) is 0.247. The SMILES string of the molecule is CNC(=O)[C@H](Cc1ccccc1)N(Cc1ccc(C)cc1)C(=O)CN(c1cccc(C)c1C)S(=O)(=O)c1ccc(C)cc1. The molecule has 4 rings (SSSR count). The van der Waals surface area contributed by atoms with Crippen LogP contribution in [0.25, 0.3) is 0 Å². The van der Waals surface area contributed by atoms with E-state index in [2.05, 4.69) is 5.32 Å². The molecular weight excluding hydrogens is 558 g/mol. The highest BCUT2D eigenvalue weighted by molar-refractivity contribution is 7.92. The molecule has 0 aliphatic rings. The van der Waals surface area contributed by atoms with Gasteiger partial charge in [0.2, 0.25) is 11.8 Å². The average Bonchev–Trinajstić information content (AvgIpc) is 3.00. The van der Waals surface area contributed by atoms with Crippen molar-refractivity contribution in [2.45, 2.75) is 51.6 Å². The number of hydrogen-bond donors (Lipinski definition) is 1. The van der Waals surface area contributed by atoms with Gasteiger partial charge in [-0.1, -0.05) is 90.0 Å². The van der Waals surface area contributed by atoms with Crippen molar-refractivity contribution in [3.8, 4) is 0 Å². The first-order valence-electron chi connectivity index (χ1n) is 14.3. The Morgan fingerprint density at radius 2 is 1.35 bits per heavy atom. The maximum Gasteiger partial charge on any atom is 0.264 e. The first kappa shape index (κ1) is 31.5. The van der Waals surface area contributed by atoms with E-state index in [1.54, 1.807) is 43.4 Å². The lowest BCUT2D eigenvalue weighted by molar-refractivity contribution is -0.139. The van der Waals surface area contributed by atoms with Gasteiger partial charge in [-0.2, -0.15) is 0 Å². The normalized spacial score (nSPS) is 11.9. The summed E-state index contributed by atoms with van der Waals surface area (Å²) >= 11 is 0. The summed E-state index contributed by atoms with van der Waals surface area (Å²) in [7, 11) is -2.60. The smallest absolute Gasteiger partial charge is 0.264 e. The third-order valence-corrected chi connectivity index (χ3v) is 9.50. The van der Waals surface area contributed by atoms with E-state index in [1.807, 2.05) is 88.4 Å². The van der Waals surface area contributed by atoms with Crippen LogP contribution in [-0.2, 0) is 32.6 Å². The van der Waals surface area contributed by atoms with Crippen LogP contribution in [0.15, 0.2) is 102 Å². The van der Waals surface area contributed by atoms with Crippen LogP contribution in [0.4, 0.5) is 5.69 Å². The number of aryl methyl sites for hydroxylation is 3. The molecule has 0 aliphatic heterocycles. The Morgan fingerprint density at radius 1 is 0.744 bits per heavy atom. The number of anilines is 1. The number of nitrogens with zero attached hydrogens (tertiary/aromatic N) is 2. The third kappa shape index (κ3) is 7.51. The number of likely N-dealkylation sites (N-methyl/N-ethyl adjacent to an activating group) is 1. The number of hydrogen-bond acceptors (Lipinski definition) is 4. The van der Waals surface area contributed by atoms with Crippen LogP contribution in [0.5, 0.6) is 0 Å². The zero-order valence-electron chi connectivity index (χ0n) is 25.4. The van der Waals surface area contributed by atoms with E-state index in [1.165, 1.54) is 9.21 Å². The minimum Gasteiger partial charge on any atom is -0.357 e. The van der Waals surface area contributed by atoms with Gasteiger partial charge in [0.1, 0.15) is 12.6 Å². The second-order valence-corrected chi connectivity index (χ2v) is 12.7. The fourth-order valence-corrected chi connectivity index (χ4v) is 6.44. The second-order valence-electron chi connectivity index (χ2n) is 10.9. The molecule has 0 fully saturated rings. The number of carbonyl (C=O) groups excluding carboxylic acids is 2. The van der Waals surface area contributed by atoms with Gasteiger partial charge < -0.3 is 10.2 Å². The summed E-state index contributed by atoms with van der Waals surface area (Å²) in [5.41, 5.74) is 5.79. The van der Waals surface area contributed by atoms with E-state index in [-0.39, 0.29) is 23.8 Å². The largest absolute Gasteiger partial charge is 0.357 e. The zero-order valence-corrected chi connectivity index (χ0v) is 26.2. The summed E-state index contributed by atoms with van der Waals surface area (Å²) in [4.78, 5) is 29.4. The van der Waals surface area contributed by atoms with E-state index in [0.29, 0.717) is 5.69 Å². The van der Waals surface area contributed by atoms with Crippen molar-refractivity contribution in [3.05, 3.63) is 130 Å². The van der Waals surface area contributed by atoms with Crippen molar-refractivity contribution < 1.29 is 18.0 Å². The molecule has 1 N–H and O–H groups in total. The van der Waals surface area contributed by atoms with Gasteiger partial charge >= 0.3 is 0 Å². The fourth-order valence-electron chi connectivity index (χ4n) is 4.97. The number of carbonyl (C=O) groups is 2. The Kier molecular flexibility index (Phi) is 10.0. The summed E-state index contributed by atoms with van der Waals surface area (Å²) < 4.78 is 29.6. The Hall–Kier alpha value is -4.43. The van der Waals surface area contributed by atoms with Gasteiger partial charge in [0.15, 0.2) is 0 Å². The van der Waals surface area contributed by atoms with Crippen molar-refractivity contribution >= 4 is 27.5 Å². The number of nitrogens with one attached hydrogen (secondary N) is 1. The lowest BCUT2D eigenvalue weighted by Crippen LogP contribution is -2.53. The van der Waals surface area contributed by atoms with Gasteiger partial charge in [-0.05, 0) is 68.1 Å². The number of sulfonamides is 1. The van der Waals surface area contributed by atoms with E-state index in [4.69, 9.17) is 0 Å². The molecule has 0 aromatic heterocycles. The van der Waals surface area contributed by atoms with Crippen LogP contribution in [0.2, 0.25) is 0 Å². The standard InChI is InChI=1S/C35H39N3O4S/c1-25-14-18-30(19-15-25)23-37(33(35(40)36-5)22-29-11-7-6-8-12-29)34(39)24-38(32-13-9-10-27(3)28(32)4)43(41,42)31-20-16-26(2)17-21-31/h6-21,33H,22-24H2,1-5H3,(H,36,40)/t33-/m0/s1. The highest BCUT2D eigenvalue weighted by atomic mass is 32.2. The van der Waals surface area contributed by atoms with Crippen LogP contribution in [0.3, 0.4) is 0 Å². The number of amides is 2. The summed E-state index contributed by atoms with van der Waals surface area (Å²) in [5.74, 6) is -0.814. The minimum atomic E-state index is -4.14. The van der Waals surface area contributed by atoms with Crippen LogP contribution in [0.1, 0.15) is 33.4 Å². The maximum absolute atomic E-state index is 14.4. The maximum atomic E-state index is 14.4. The highest BCUT2D eigenvalue weighted by Crippen LogP contribution is 2.29. The highest BCUT2D eigenvalue weighted by Gasteiger charge is 2.34. The minimum absolute atomic E-state index is 0.0871. The van der Waals surface area contributed by atoms with Crippen molar-refractivity contribution in [1.82, 2.24) is 10.2 Å². The molecule has 4 aromatic rings. The molecule has 0 spiro atoms. The molecule has 0 saturated heterocycles. The molecular formula is C35H39N3O4S. The summed E-state index contributed by atoms with van der Waals surface area (Å²) in [6.07, 6.45) is 0.270. The molecule has 7 nitrogen and oxygen atoms in total. The molecule has 0 aliphatic carbocycles. The van der Waals surface area contributed by atoms with Gasteiger partial charge in [-0.15, -0.1) is 0 Å².